The number of alkyl halides is 6. The fourth-order valence-corrected chi connectivity index (χ4v) is 3.83. The standard InChI is InChI=1S/C14H21F6N3O2/c1-7-4-8(13(15,16)17)5-10(22(7)3)23-11(14(18,19)20)9(12(24)25)6-21(23)2/h7-11H,4-6H2,1-3H3,(H,24,25). The number of rotatable bonds is 2. The molecule has 2 saturated heterocycles. The zero-order valence-electron chi connectivity index (χ0n) is 14.0. The second-order valence-electron chi connectivity index (χ2n) is 6.86. The predicted octanol–water partition coefficient (Wildman–Crippen LogP) is 2.40. The second-order valence-corrected chi connectivity index (χ2v) is 6.86. The second kappa shape index (κ2) is 6.58. The van der Waals surface area contributed by atoms with Crippen LogP contribution in [0.2, 0.25) is 0 Å². The summed E-state index contributed by atoms with van der Waals surface area (Å²) < 4.78 is 80.1. The normalized spacial score (nSPS) is 36.8. The van der Waals surface area contributed by atoms with Crippen LogP contribution in [0.1, 0.15) is 19.8 Å². The largest absolute Gasteiger partial charge is 0.481 e. The first kappa shape index (κ1) is 20.2. The van der Waals surface area contributed by atoms with E-state index >= 15 is 0 Å². The number of hydrogen-bond donors (Lipinski definition) is 1. The highest BCUT2D eigenvalue weighted by atomic mass is 19.4. The fraction of sp³-hybridized carbons (Fsp3) is 0.929. The molecule has 0 aliphatic carbocycles. The van der Waals surface area contributed by atoms with E-state index in [1.54, 1.807) is 0 Å². The summed E-state index contributed by atoms with van der Waals surface area (Å²) in [5.41, 5.74) is 0. The van der Waals surface area contributed by atoms with Gasteiger partial charge in [-0.25, -0.2) is 10.0 Å². The van der Waals surface area contributed by atoms with Crippen LogP contribution in [0.4, 0.5) is 26.3 Å². The minimum absolute atomic E-state index is 0.201. The molecular weight excluding hydrogens is 356 g/mol. The molecule has 0 aromatic carbocycles. The Kier molecular flexibility index (Phi) is 5.33. The zero-order chi connectivity index (χ0) is 19.3. The Labute approximate surface area is 141 Å². The van der Waals surface area contributed by atoms with Crippen LogP contribution in [0.25, 0.3) is 0 Å². The molecule has 146 valence electrons. The summed E-state index contributed by atoms with van der Waals surface area (Å²) in [6, 6.07) is -2.95. The van der Waals surface area contributed by atoms with Crippen molar-refractivity contribution in [3.05, 3.63) is 0 Å². The van der Waals surface area contributed by atoms with E-state index in [0.29, 0.717) is 0 Å². The Bertz CT molecular complexity index is 512. The van der Waals surface area contributed by atoms with Gasteiger partial charge in [-0.15, -0.1) is 0 Å². The molecule has 0 bridgehead atoms. The van der Waals surface area contributed by atoms with Gasteiger partial charge < -0.3 is 5.11 Å². The first-order valence-electron chi connectivity index (χ1n) is 7.82. The van der Waals surface area contributed by atoms with Crippen LogP contribution in [0, 0.1) is 11.8 Å². The van der Waals surface area contributed by atoms with Crippen LogP contribution in [0.5, 0.6) is 0 Å². The van der Waals surface area contributed by atoms with Gasteiger partial charge in [-0.2, -0.15) is 26.3 Å². The number of hydrogen-bond acceptors (Lipinski definition) is 4. The summed E-state index contributed by atoms with van der Waals surface area (Å²) in [5.74, 6) is -5.09. The Morgan fingerprint density at radius 3 is 2.04 bits per heavy atom. The number of aliphatic carboxylic acids is 1. The van der Waals surface area contributed by atoms with Crippen LogP contribution >= 0.6 is 0 Å². The van der Waals surface area contributed by atoms with Gasteiger partial charge in [-0.1, -0.05) is 0 Å². The molecule has 0 saturated carbocycles. The molecule has 5 nitrogen and oxygen atoms in total. The molecule has 5 unspecified atom stereocenters. The van der Waals surface area contributed by atoms with Crippen LogP contribution in [0.3, 0.4) is 0 Å². The van der Waals surface area contributed by atoms with Gasteiger partial charge in [0, 0.05) is 19.6 Å². The SMILES string of the molecule is CC1CC(C(F)(F)F)CC(N2C(C(F)(F)F)C(C(=O)O)CN2C)N1C. The lowest BCUT2D eigenvalue weighted by Gasteiger charge is -2.49. The molecular formula is C14H21F6N3O2. The monoisotopic (exact) mass is 377 g/mol. The van der Waals surface area contributed by atoms with Crippen molar-refractivity contribution in [3.63, 3.8) is 0 Å². The van der Waals surface area contributed by atoms with Crippen LogP contribution in [-0.2, 0) is 4.79 Å². The number of carboxylic acids is 1. The van der Waals surface area contributed by atoms with Crippen LogP contribution in [0.15, 0.2) is 0 Å². The minimum atomic E-state index is -4.87. The zero-order valence-corrected chi connectivity index (χ0v) is 14.0. The van der Waals surface area contributed by atoms with Crippen molar-refractivity contribution in [2.75, 3.05) is 20.6 Å². The van der Waals surface area contributed by atoms with Gasteiger partial charge in [-0.05, 0) is 26.8 Å². The van der Waals surface area contributed by atoms with E-state index < -0.39 is 61.4 Å². The van der Waals surface area contributed by atoms with Gasteiger partial charge in [0.05, 0.1) is 18.0 Å². The highest BCUT2D eigenvalue weighted by molar-refractivity contribution is 5.71. The molecule has 2 heterocycles. The van der Waals surface area contributed by atoms with E-state index in [0.717, 1.165) is 10.0 Å². The lowest BCUT2D eigenvalue weighted by molar-refractivity contribution is -0.248. The quantitative estimate of drug-likeness (QED) is 0.749. The summed E-state index contributed by atoms with van der Waals surface area (Å²) in [6.07, 6.45) is -11.3. The Morgan fingerprint density at radius 1 is 1.04 bits per heavy atom. The third kappa shape index (κ3) is 3.87. The van der Waals surface area contributed by atoms with Gasteiger partial charge in [0.25, 0.3) is 0 Å². The molecule has 0 radical (unpaired) electrons. The van der Waals surface area contributed by atoms with Crippen molar-refractivity contribution in [2.45, 2.75) is 50.4 Å². The molecule has 1 N–H and O–H groups in total. The third-order valence-electron chi connectivity index (χ3n) is 5.23. The molecule has 5 atom stereocenters. The van der Waals surface area contributed by atoms with E-state index in [4.69, 9.17) is 5.11 Å². The molecule has 0 aromatic heterocycles. The molecule has 0 spiro atoms. The number of likely N-dealkylation sites (tertiary alicyclic amines) is 1. The summed E-state index contributed by atoms with van der Waals surface area (Å²) in [7, 11) is 2.74. The fourth-order valence-electron chi connectivity index (χ4n) is 3.83. The van der Waals surface area contributed by atoms with E-state index in [2.05, 4.69) is 0 Å². The summed E-state index contributed by atoms with van der Waals surface area (Å²) in [5, 5.41) is 11.0. The number of carbonyl (C=O) groups is 1. The van der Waals surface area contributed by atoms with Crippen molar-refractivity contribution >= 4 is 5.97 Å². The van der Waals surface area contributed by atoms with Crippen LogP contribution in [-0.4, -0.2) is 77.2 Å². The topological polar surface area (TPSA) is 47.0 Å². The number of halogens is 6. The lowest BCUT2D eigenvalue weighted by atomic mass is 9.88. The summed E-state index contributed by atoms with van der Waals surface area (Å²) in [6.45, 7) is 1.12. The van der Waals surface area contributed by atoms with Crippen molar-refractivity contribution in [1.82, 2.24) is 14.9 Å². The number of carboxylic acid groups (broad SMARTS) is 1. The Balaban J connectivity index is 2.39. The number of piperidine rings is 1. The highest BCUT2D eigenvalue weighted by Gasteiger charge is 2.60. The molecule has 2 fully saturated rings. The molecule has 2 aliphatic rings. The smallest absolute Gasteiger partial charge is 0.406 e. The molecule has 0 aromatic rings. The number of nitrogens with zero attached hydrogens (tertiary/aromatic N) is 3. The van der Waals surface area contributed by atoms with E-state index in [9.17, 15) is 31.1 Å². The summed E-state index contributed by atoms with van der Waals surface area (Å²) >= 11 is 0. The predicted molar refractivity (Wildman–Crippen MR) is 75.2 cm³/mol. The molecule has 25 heavy (non-hydrogen) atoms. The van der Waals surface area contributed by atoms with Gasteiger partial charge in [0.15, 0.2) is 0 Å². The summed E-state index contributed by atoms with van der Waals surface area (Å²) in [4.78, 5) is 12.7. The lowest BCUT2D eigenvalue weighted by Crippen LogP contribution is -2.62. The molecule has 11 heteroatoms. The van der Waals surface area contributed by atoms with Crippen molar-refractivity contribution < 1.29 is 36.2 Å². The van der Waals surface area contributed by atoms with Crippen LogP contribution < -0.4 is 0 Å². The minimum Gasteiger partial charge on any atom is -0.481 e. The number of hydrazine groups is 1. The van der Waals surface area contributed by atoms with Gasteiger partial charge >= 0.3 is 18.3 Å². The van der Waals surface area contributed by atoms with E-state index in [-0.39, 0.29) is 6.42 Å². The molecule has 2 aliphatic heterocycles. The maximum atomic E-state index is 13.5. The van der Waals surface area contributed by atoms with E-state index in [1.165, 1.54) is 25.9 Å². The highest BCUT2D eigenvalue weighted by Crippen LogP contribution is 2.44. The van der Waals surface area contributed by atoms with Gasteiger partial charge in [0.2, 0.25) is 0 Å². The maximum Gasteiger partial charge on any atom is 0.406 e. The van der Waals surface area contributed by atoms with Gasteiger partial charge in [0.1, 0.15) is 6.04 Å². The average molecular weight is 377 g/mol. The third-order valence-corrected chi connectivity index (χ3v) is 5.23. The maximum absolute atomic E-state index is 13.5. The molecule has 2 rings (SSSR count). The Hall–Kier alpha value is -1.07. The average Bonchev–Trinajstić information content (AvgIpc) is 2.78. The van der Waals surface area contributed by atoms with Crippen molar-refractivity contribution in [3.8, 4) is 0 Å². The van der Waals surface area contributed by atoms with Crippen molar-refractivity contribution in [2.24, 2.45) is 11.8 Å². The first-order chi connectivity index (χ1) is 11.2. The van der Waals surface area contributed by atoms with Gasteiger partial charge in [-0.3, -0.25) is 9.69 Å². The van der Waals surface area contributed by atoms with Crippen molar-refractivity contribution in [1.29, 1.82) is 0 Å². The molecule has 0 amide bonds. The Morgan fingerprint density at radius 2 is 1.60 bits per heavy atom. The van der Waals surface area contributed by atoms with E-state index in [1.807, 2.05) is 0 Å². The first-order valence-corrected chi connectivity index (χ1v) is 7.82.